The van der Waals surface area contributed by atoms with Crippen molar-refractivity contribution in [1.82, 2.24) is 10.6 Å². The van der Waals surface area contributed by atoms with Gasteiger partial charge < -0.3 is 20.3 Å². The van der Waals surface area contributed by atoms with E-state index in [-0.39, 0.29) is 11.9 Å². The third kappa shape index (κ3) is 3.95. The second-order valence-corrected chi connectivity index (χ2v) is 5.46. The fourth-order valence-electron chi connectivity index (χ4n) is 2.64. The first-order valence-electron chi connectivity index (χ1n) is 7.47. The van der Waals surface area contributed by atoms with Crippen LogP contribution in [0.2, 0.25) is 0 Å². The molecule has 1 aromatic rings. The van der Waals surface area contributed by atoms with Gasteiger partial charge in [-0.3, -0.25) is 4.79 Å². The van der Waals surface area contributed by atoms with Gasteiger partial charge in [0.25, 0.3) is 0 Å². The van der Waals surface area contributed by atoms with Crippen LogP contribution in [-0.2, 0) is 16.1 Å². The summed E-state index contributed by atoms with van der Waals surface area (Å²) in [5.41, 5.74) is 3.61. The second kappa shape index (κ2) is 7.43. The molecule has 21 heavy (non-hydrogen) atoms. The number of methoxy groups -OCH3 is 1. The molecule has 0 aliphatic carbocycles. The smallest absolute Gasteiger partial charge is 0.242 e. The maximum Gasteiger partial charge on any atom is 0.242 e. The standard InChI is InChI=1S/C16H25N3O2/c1-12-4-5-15(14(10-12)11-17-7-9-21-3)19-8-6-18-16(20)13(19)2/h4-5,10,13,17H,6-9,11H2,1-3H3,(H,18,20). The molecule has 1 amide bonds. The van der Waals surface area contributed by atoms with Crippen LogP contribution in [0.1, 0.15) is 18.1 Å². The molecular weight excluding hydrogens is 266 g/mol. The minimum Gasteiger partial charge on any atom is -0.383 e. The number of hydrogen-bond donors (Lipinski definition) is 2. The lowest BCUT2D eigenvalue weighted by Crippen LogP contribution is -2.54. The summed E-state index contributed by atoms with van der Waals surface area (Å²) in [6, 6.07) is 6.29. The van der Waals surface area contributed by atoms with Crippen LogP contribution in [0.25, 0.3) is 0 Å². The van der Waals surface area contributed by atoms with Gasteiger partial charge in [0.15, 0.2) is 0 Å². The van der Waals surface area contributed by atoms with Crippen LogP contribution in [-0.4, -0.2) is 45.3 Å². The summed E-state index contributed by atoms with van der Waals surface area (Å²) in [5.74, 6) is 0.0973. The quantitative estimate of drug-likeness (QED) is 0.770. The molecule has 1 atom stereocenters. The largest absolute Gasteiger partial charge is 0.383 e. The Balaban J connectivity index is 2.15. The summed E-state index contributed by atoms with van der Waals surface area (Å²) >= 11 is 0. The van der Waals surface area contributed by atoms with Gasteiger partial charge in [0, 0.05) is 39.0 Å². The summed E-state index contributed by atoms with van der Waals surface area (Å²) < 4.78 is 5.06. The Labute approximate surface area is 126 Å². The number of amides is 1. The zero-order valence-electron chi connectivity index (χ0n) is 13.1. The number of carbonyl (C=O) groups excluding carboxylic acids is 1. The first kappa shape index (κ1) is 15.8. The molecule has 0 saturated carbocycles. The number of ether oxygens (including phenoxy) is 1. The highest BCUT2D eigenvalue weighted by Gasteiger charge is 2.26. The van der Waals surface area contributed by atoms with E-state index in [0.717, 1.165) is 25.3 Å². The normalized spacial score (nSPS) is 18.7. The van der Waals surface area contributed by atoms with E-state index in [9.17, 15) is 4.79 Å². The van der Waals surface area contributed by atoms with Gasteiger partial charge in [-0.1, -0.05) is 17.7 Å². The van der Waals surface area contributed by atoms with E-state index in [1.54, 1.807) is 7.11 Å². The molecule has 1 aliphatic rings. The van der Waals surface area contributed by atoms with Gasteiger partial charge in [-0.15, -0.1) is 0 Å². The average molecular weight is 291 g/mol. The van der Waals surface area contributed by atoms with E-state index in [1.165, 1.54) is 11.1 Å². The molecule has 1 saturated heterocycles. The fourth-order valence-corrected chi connectivity index (χ4v) is 2.64. The molecule has 1 fully saturated rings. The average Bonchev–Trinajstić information content (AvgIpc) is 2.47. The Bertz CT molecular complexity index is 490. The monoisotopic (exact) mass is 291 g/mol. The molecule has 5 nitrogen and oxygen atoms in total. The number of hydrogen-bond acceptors (Lipinski definition) is 4. The molecule has 0 spiro atoms. The lowest BCUT2D eigenvalue weighted by atomic mass is 10.1. The number of benzene rings is 1. The van der Waals surface area contributed by atoms with Crippen LogP contribution in [0.3, 0.4) is 0 Å². The Morgan fingerprint density at radius 3 is 3.05 bits per heavy atom. The Morgan fingerprint density at radius 2 is 2.29 bits per heavy atom. The zero-order valence-corrected chi connectivity index (χ0v) is 13.1. The third-order valence-corrected chi connectivity index (χ3v) is 3.84. The molecule has 0 bridgehead atoms. The van der Waals surface area contributed by atoms with E-state index < -0.39 is 0 Å². The molecule has 2 rings (SSSR count). The number of aryl methyl sites for hydroxylation is 1. The molecule has 1 heterocycles. The van der Waals surface area contributed by atoms with Crippen molar-refractivity contribution in [3.63, 3.8) is 0 Å². The van der Waals surface area contributed by atoms with E-state index in [0.29, 0.717) is 13.2 Å². The van der Waals surface area contributed by atoms with Gasteiger partial charge in [-0.25, -0.2) is 0 Å². The van der Waals surface area contributed by atoms with Gasteiger partial charge in [-0.2, -0.15) is 0 Å². The predicted octanol–water partition coefficient (Wildman–Crippen LogP) is 1.06. The molecule has 1 unspecified atom stereocenters. The van der Waals surface area contributed by atoms with Crippen molar-refractivity contribution in [3.8, 4) is 0 Å². The number of rotatable bonds is 6. The summed E-state index contributed by atoms with van der Waals surface area (Å²) in [6.45, 7) is 7.90. The van der Waals surface area contributed by atoms with Crippen LogP contribution >= 0.6 is 0 Å². The lowest BCUT2D eigenvalue weighted by molar-refractivity contribution is -0.122. The first-order chi connectivity index (χ1) is 10.1. The van der Waals surface area contributed by atoms with Crippen molar-refractivity contribution in [2.75, 3.05) is 38.3 Å². The summed E-state index contributed by atoms with van der Waals surface area (Å²) in [7, 11) is 1.70. The maximum absolute atomic E-state index is 11.9. The van der Waals surface area contributed by atoms with Gasteiger partial charge >= 0.3 is 0 Å². The molecular formula is C16H25N3O2. The summed E-state index contributed by atoms with van der Waals surface area (Å²) in [5, 5.41) is 6.29. The Hall–Kier alpha value is -1.59. The lowest BCUT2D eigenvalue weighted by Gasteiger charge is -2.36. The van der Waals surface area contributed by atoms with Crippen molar-refractivity contribution in [2.24, 2.45) is 0 Å². The van der Waals surface area contributed by atoms with Crippen LogP contribution in [0.15, 0.2) is 18.2 Å². The van der Waals surface area contributed by atoms with Gasteiger partial charge in [0.2, 0.25) is 5.91 Å². The summed E-state index contributed by atoms with van der Waals surface area (Å²) in [6.07, 6.45) is 0. The van der Waals surface area contributed by atoms with E-state index in [4.69, 9.17) is 4.74 Å². The molecule has 0 aromatic heterocycles. The van der Waals surface area contributed by atoms with Gasteiger partial charge in [-0.05, 0) is 25.5 Å². The molecule has 0 radical (unpaired) electrons. The maximum atomic E-state index is 11.9. The Kier molecular flexibility index (Phi) is 5.59. The Morgan fingerprint density at radius 1 is 1.48 bits per heavy atom. The van der Waals surface area contributed by atoms with Gasteiger partial charge in [0.1, 0.15) is 6.04 Å². The van der Waals surface area contributed by atoms with Crippen molar-refractivity contribution in [1.29, 1.82) is 0 Å². The molecule has 1 aromatic carbocycles. The molecule has 2 N–H and O–H groups in total. The number of piperazine rings is 1. The minimum atomic E-state index is -0.126. The summed E-state index contributed by atoms with van der Waals surface area (Å²) in [4.78, 5) is 14.1. The van der Waals surface area contributed by atoms with E-state index in [1.807, 2.05) is 6.92 Å². The van der Waals surface area contributed by atoms with Crippen molar-refractivity contribution in [3.05, 3.63) is 29.3 Å². The topological polar surface area (TPSA) is 53.6 Å². The highest BCUT2D eigenvalue weighted by Crippen LogP contribution is 2.25. The highest BCUT2D eigenvalue weighted by molar-refractivity contribution is 5.86. The second-order valence-electron chi connectivity index (χ2n) is 5.46. The fraction of sp³-hybridized carbons (Fsp3) is 0.562. The van der Waals surface area contributed by atoms with Crippen molar-refractivity contribution < 1.29 is 9.53 Å². The number of nitrogens with zero attached hydrogens (tertiary/aromatic N) is 1. The highest BCUT2D eigenvalue weighted by atomic mass is 16.5. The van der Waals surface area contributed by atoms with Crippen molar-refractivity contribution in [2.45, 2.75) is 26.4 Å². The predicted molar refractivity (Wildman–Crippen MR) is 84.6 cm³/mol. The van der Waals surface area contributed by atoms with Crippen LogP contribution in [0.5, 0.6) is 0 Å². The molecule has 1 aliphatic heterocycles. The third-order valence-electron chi connectivity index (χ3n) is 3.84. The number of carbonyl (C=O) groups is 1. The van der Waals surface area contributed by atoms with Crippen LogP contribution in [0, 0.1) is 6.92 Å². The zero-order chi connectivity index (χ0) is 15.2. The SMILES string of the molecule is COCCNCc1cc(C)ccc1N1CCNC(=O)C1C. The molecule has 116 valence electrons. The van der Waals surface area contributed by atoms with Crippen LogP contribution < -0.4 is 15.5 Å². The van der Waals surface area contributed by atoms with Crippen LogP contribution in [0.4, 0.5) is 5.69 Å². The van der Waals surface area contributed by atoms with Crippen molar-refractivity contribution >= 4 is 11.6 Å². The number of nitrogens with one attached hydrogen (secondary N) is 2. The molecule has 5 heteroatoms. The minimum absolute atomic E-state index is 0.0973. The van der Waals surface area contributed by atoms with Gasteiger partial charge in [0.05, 0.1) is 6.61 Å². The van der Waals surface area contributed by atoms with E-state index >= 15 is 0 Å². The first-order valence-corrected chi connectivity index (χ1v) is 7.47. The van der Waals surface area contributed by atoms with E-state index in [2.05, 4.69) is 40.7 Å². The number of anilines is 1.